The first kappa shape index (κ1) is 22.5. The van der Waals surface area contributed by atoms with Gasteiger partial charge in [-0.1, -0.05) is 26.0 Å². The van der Waals surface area contributed by atoms with Gasteiger partial charge in [0.15, 0.2) is 5.69 Å². The van der Waals surface area contributed by atoms with Gasteiger partial charge in [0, 0.05) is 26.7 Å². The number of fused-ring (bicyclic) bond motifs is 3. The summed E-state index contributed by atoms with van der Waals surface area (Å²) in [4.78, 5) is 21.4. The van der Waals surface area contributed by atoms with Crippen molar-refractivity contribution < 1.29 is 13.2 Å². The number of hydrogen-bond donors (Lipinski definition) is 0. The molecule has 0 aliphatic carbocycles. The molecule has 1 aliphatic heterocycles. The van der Waals surface area contributed by atoms with Crippen LogP contribution >= 0.6 is 0 Å². The number of aromatic nitrogens is 2. The van der Waals surface area contributed by atoms with Crippen molar-refractivity contribution in [3.8, 4) is 5.69 Å². The van der Waals surface area contributed by atoms with Gasteiger partial charge in [0.1, 0.15) is 11.2 Å². The molecule has 1 amide bonds. The van der Waals surface area contributed by atoms with Crippen molar-refractivity contribution in [2.45, 2.75) is 31.7 Å². The molecule has 30 heavy (non-hydrogen) atoms. The highest BCUT2D eigenvalue weighted by Gasteiger charge is 2.35. The molecule has 0 atom stereocenters. The first-order valence-electron chi connectivity index (χ1n) is 10.2. The Balaban J connectivity index is 2.05. The van der Waals surface area contributed by atoms with Crippen molar-refractivity contribution in [3.05, 3.63) is 42.0 Å². The number of sulfonamides is 1. The fourth-order valence-corrected chi connectivity index (χ4v) is 5.01. The van der Waals surface area contributed by atoms with Crippen LogP contribution in [0.1, 0.15) is 36.5 Å². The predicted molar refractivity (Wildman–Crippen MR) is 116 cm³/mol. The van der Waals surface area contributed by atoms with Crippen LogP contribution in [0.2, 0.25) is 0 Å². The summed E-state index contributed by atoms with van der Waals surface area (Å²) in [5.74, 6) is 0.160. The lowest BCUT2D eigenvalue weighted by atomic mass is 10.1. The number of rotatable bonds is 7. The normalized spacial score (nSPS) is 15.7. The van der Waals surface area contributed by atoms with E-state index in [1.54, 1.807) is 47.1 Å². The number of amides is 1. The molecule has 1 aromatic heterocycles. The van der Waals surface area contributed by atoms with Crippen molar-refractivity contribution in [2.75, 3.05) is 40.8 Å². The third kappa shape index (κ3) is 4.43. The van der Waals surface area contributed by atoms with Crippen molar-refractivity contribution in [2.24, 2.45) is 5.92 Å². The summed E-state index contributed by atoms with van der Waals surface area (Å²) in [5.41, 5.74) is 1.44. The Morgan fingerprint density at radius 2 is 1.87 bits per heavy atom. The SMILES string of the molecule is CC(C)CCN1Cc2c(C(=O)N(C)CCN(C)C)ncn2-c2ccccc2S1(=O)=O. The second-order valence-electron chi connectivity index (χ2n) is 8.43. The first-order chi connectivity index (χ1) is 14.1. The van der Waals surface area contributed by atoms with E-state index >= 15 is 0 Å². The van der Waals surface area contributed by atoms with Crippen LogP contribution in [0.15, 0.2) is 35.5 Å². The van der Waals surface area contributed by atoms with E-state index in [9.17, 15) is 13.2 Å². The van der Waals surface area contributed by atoms with Gasteiger partial charge in [0.25, 0.3) is 5.91 Å². The Bertz CT molecular complexity index is 1010. The zero-order chi connectivity index (χ0) is 22.1. The first-order valence-corrected chi connectivity index (χ1v) is 11.6. The van der Waals surface area contributed by atoms with Gasteiger partial charge >= 0.3 is 0 Å². The van der Waals surface area contributed by atoms with Crippen LogP contribution in [0.25, 0.3) is 5.69 Å². The molecule has 9 heteroatoms. The standard InChI is InChI=1S/C21H31N5O3S/c1-16(2)10-11-25-14-18-20(21(27)24(5)13-12-23(3)4)22-15-26(18)17-8-6-7-9-19(17)30(25,28)29/h6-9,15-16H,10-14H2,1-5H3. The van der Waals surface area contributed by atoms with Gasteiger partial charge < -0.3 is 9.80 Å². The summed E-state index contributed by atoms with van der Waals surface area (Å²) in [5, 5.41) is 0. The summed E-state index contributed by atoms with van der Waals surface area (Å²) in [6, 6.07) is 6.90. The fraction of sp³-hybridized carbons (Fsp3) is 0.524. The summed E-state index contributed by atoms with van der Waals surface area (Å²) >= 11 is 0. The molecular formula is C21H31N5O3S. The van der Waals surface area contributed by atoms with Crippen molar-refractivity contribution in [1.29, 1.82) is 0 Å². The highest BCUT2D eigenvalue weighted by Crippen LogP contribution is 2.31. The Hall–Kier alpha value is -2.23. The van der Waals surface area contributed by atoms with Gasteiger partial charge in [-0.2, -0.15) is 4.31 Å². The van der Waals surface area contributed by atoms with E-state index in [-0.39, 0.29) is 17.3 Å². The second kappa shape index (κ2) is 8.87. The van der Waals surface area contributed by atoms with E-state index in [2.05, 4.69) is 18.8 Å². The molecular weight excluding hydrogens is 402 g/mol. The van der Waals surface area contributed by atoms with Gasteiger partial charge in [-0.3, -0.25) is 9.36 Å². The van der Waals surface area contributed by atoms with Gasteiger partial charge in [-0.05, 0) is 38.6 Å². The maximum atomic E-state index is 13.4. The molecule has 3 rings (SSSR count). The zero-order valence-corrected chi connectivity index (χ0v) is 19.2. The molecule has 1 aliphatic rings. The van der Waals surface area contributed by atoms with Crippen molar-refractivity contribution >= 4 is 15.9 Å². The third-order valence-electron chi connectivity index (χ3n) is 5.32. The number of carbonyl (C=O) groups is 1. The Morgan fingerprint density at radius 1 is 1.17 bits per heavy atom. The van der Waals surface area contributed by atoms with Gasteiger partial charge in [0.05, 0.1) is 17.9 Å². The van der Waals surface area contributed by atoms with Crippen LogP contribution in [-0.2, 0) is 16.6 Å². The molecule has 8 nitrogen and oxygen atoms in total. The number of carbonyl (C=O) groups excluding carboxylic acids is 1. The molecule has 0 radical (unpaired) electrons. The van der Waals surface area contributed by atoms with E-state index in [1.165, 1.54) is 4.31 Å². The van der Waals surface area contributed by atoms with Crippen LogP contribution in [-0.4, -0.2) is 78.8 Å². The molecule has 164 valence electrons. The minimum absolute atomic E-state index is 0.117. The van der Waals surface area contributed by atoms with Crippen LogP contribution in [0.5, 0.6) is 0 Å². The maximum absolute atomic E-state index is 13.4. The second-order valence-corrected chi connectivity index (χ2v) is 10.3. The molecule has 0 bridgehead atoms. The van der Waals surface area contributed by atoms with Crippen LogP contribution in [0.4, 0.5) is 0 Å². The summed E-state index contributed by atoms with van der Waals surface area (Å²) in [6.07, 6.45) is 2.30. The Morgan fingerprint density at radius 3 is 2.53 bits per heavy atom. The molecule has 0 N–H and O–H groups in total. The average molecular weight is 434 g/mol. The van der Waals surface area contributed by atoms with Crippen LogP contribution in [0.3, 0.4) is 0 Å². The molecule has 0 saturated carbocycles. The van der Waals surface area contributed by atoms with E-state index in [0.717, 1.165) is 13.0 Å². The number of nitrogens with zero attached hydrogens (tertiary/aromatic N) is 5. The summed E-state index contributed by atoms with van der Waals surface area (Å²) in [6.45, 7) is 5.94. The lowest BCUT2D eigenvalue weighted by Gasteiger charge is -2.22. The lowest BCUT2D eigenvalue weighted by Crippen LogP contribution is -2.35. The molecule has 2 heterocycles. The third-order valence-corrected chi connectivity index (χ3v) is 7.22. The monoisotopic (exact) mass is 433 g/mol. The van der Waals surface area contributed by atoms with E-state index in [1.807, 2.05) is 19.0 Å². The number of imidazole rings is 1. The van der Waals surface area contributed by atoms with Crippen molar-refractivity contribution in [3.63, 3.8) is 0 Å². The molecule has 0 unspecified atom stereocenters. The molecule has 0 saturated heterocycles. The predicted octanol–water partition coefficient (Wildman–Crippen LogP) is 2.06. The average Bonchev–Trinajstić information content (AvgIpc) is 3.07. The van der Waals surface area contributed by atoms with E-state index in [0.29, 0.717) is 36.1 Å². The topological polar surface area (TPSA) is 78.8 Å². The highest BCUT2D eigenvalue weighted by atomic mass is 32.2. The number of likely N-dealkylation sites (N-methyl/N-ethyl adjacent to an activating group) is 2. The van der Waals surface area contributed by atoms with Gasteiger partial charge in [0.2, 0.25) is 10.0 Å². The summed E-state index contributed by atoms with van der Waals surface area (Å²) < 4.78 is 30.0. The van der Waals surface area contributed by atoms with E-state index < -0.39 is 10.0 Å². The van der Waals surface area contributed by atoms with Gasteiger partial charge in [-0.25, -0.2) is 13.4 Å². The maximum Gasteiger partial charge on any atom is 0.274 e. The Kier molecular flexibility index (Phi) is 6.64. The molecule has 0 fully saturated rings. The van der Waals surface area contributed by atoms with Crippen LogP contribution in [0, 0.1) is 5.92 Å². The van der Waals surface area contributed by atoms with Crippen molar-refractivity contribution in [1.82, 2.24) is 23.7 Å². The quantitative estimate of drug-likeness (QED) is 0.668. The number of hydrogen-bond acceptors (Lipinski definition) is 5. The number of benzene rings is 1. The molecule has 0 spiro atoms. The number of para-hydroxylation sites is 1. The van der Waals surface area contributed by atoms with Gasteiger partial charge in [-0.15, -0.1) is 0 Å². The minimum atomic E-state index is -3.68. The largest absolute Gasteiger partial charge is 0.339 e. The zero-order valence-electron chi connectivity index (χ0n) is 18.4. The van der Waals surface area contributed by atoms with Crippen LogP contribution < -0.4 is 0 Å². The lowest BCUT2D eigenvalue weighted by molar-refractivity contribution is 0.0779. The smallest absolute Gasteiger partial charge is 0.274 e. The fourth-order valence-electron chi connectivity index (χ4n) is 3.41. The summed E-state index contributed by atoms with van der Waals surface area (Å²) in [7, 11) is 1.97. The van der Waals surface area contributed by atoms with E-state index in [4.69, 9.17) is 0 Å². The molecule has 2 aromatic rings. The highest BCUT2D eigenvalue weighted by molar-refractivity contribution is 7.89. The minimum Gasteiger partial charge on any atom is -0.339 e. The molecule has 1 aromatic carbocycles. The Labute approximate surface area is 179 Å².